The minimum absolute atomic E-state index is 0.107. The van der Waals surface area contributed by atoms with Gasteiger partial charge in [-0.05, 0) is 77.5 Å². The summed E-state index contributed by atoms with van der Waals surface area (Å²) in [5.41, 5.74) is 4.92. The van der Waals surface area contributed by atoms with E-state index in [1.165, 1.54) is 36.5 Å². The van der Waals surface area contributed by atoms with Gasteiger partial charge in [0.2, 0.25) is 0 Å². The molecule has 0 radical (unpaired) electrons. The fourth-order valence-electron chi connectivity index (χ4n) is 3.53. The van der Waals surface area contributed by atoms with Crippen LogP contribution in [0.4, 0.5) is 11.4 Å². The lowest BCUT2D eigenvalue weighted by molar-refractivity contribution is -0.384. The number of aryl methyl sites for hydroxylation is 1. The van der Waals surface area contributed by atoms with Gasteiger partial charge in [0, 0.05) is 39.0 Å². The van der Waals surface area contributed by atoms with Crippen molar-refractivity contribution >= 4 is 67.2 Å². The molecule has 0 saturated carbocycles. The Morgan fingerprint density at radius 1 is 0.878 bits per heavy atom. The molecule has 0 aromatic heterocycles. The summed E-state index contributed by atoms with van der Waals surface area (Å²) < 4.78 is 6.60. The van der Waals surface area contributed by atoms with Crippen LogP contribution in [0.5, 0.6) is 5.75 Å². The molecule has 0 unspecified atom stereocenters. The van der Waals surface area contributed by atoms with Crippen molar-refractivity contribution in [3.63, 3.8) is 0 Å². The SMILES string of the molecule is Cc1ccc(C(=O)Nc2cccc(C(=O)NN=Cc3cc(Br)cc(Br)c3OC(=O)c3ccc([N+](=O)[O-])cc3)c2)cc1. The monoisotopic (exact) mass is 678 g/mol. The molecule has 0 fully saturated rings. The summed E-state index contributed by atoms with van der Waals surface area (Å²) in [5.74, 6) is -1.47. The number of benzene rings is 4. The van der Waals surface area contributed by atoms with Crippen LogP contribution in [0.2, 0.25) is 0 Å². The minimum Gasteiger partial charge on any atom is -0.421 e. The summed E-state index contributed by atoms with van der Waals surface area (Å²) in [5, 5.41) is 17.6. The number of esters is 1. The number of rotatable bonds is 8. The molecular weight excluding hydrogens is 660 g/mol. The Kier molecular flexibility index (Phi) is 9.37. The Morgan fingerprint density at radius 3 is 2.24 bits per heavy atom. The van der Waals surface area contributed by atoms with E-state index in [1.54, 1.807) is 42.5 Å². The predicted molar refractivity (Wildman–Crippen MR) is 161 cm³/mol. The molecule has 0 bridgehead atoms. The Labute approximate surface area is 250 Å². The molecule has 4 aromatic rings. The summed E-state index contributed by atoms with van der Waals surface area (Å²) in [6, 6.07) is 21.8. The van der Waals surface area contributed by atoms with Crippen LogP contribution in [-0.2, 0) is 0 Å². The van der Waals surface area contributed by atoms with Crippen LogP contribution < -0.4 is 15.5 Å². The fourth-order valence-corrected chi connectivity index (χ4v) is 4.87. The van der Waals surface area contributed by atoms with Crippen molar-refractivity contribution in [3.05, 3.63) is 132 Å². The van der Waals surface area contributed by atoms with Gasteiger partial charge in [-0.3, -0.25) is 19.7 Å². The Hall–Kier alpha value is -4.68. The first-order chi connectivity index (χ1) is 19.6. The normalized spacial score (nSPS) is 10.7. The third-order valence-electron chi connectivity index (χ3n) is 5.61. The molecule has 0 aliphatic heterocycles. The van der Waals surface area contributed by atoms with Gasteiger partial charge in [0.05, 0.1) is 21.2 Å². The lowest BCUT2D eigenvalue weighted by Gasteiger charge is -2.11. The Bertz CT molecular complexity index is 1670. The molecule has 0 spiro atoms. The van der Waals surface area contributed by atoms with E-state index in [4.69, 9.17) is 4.74 Å². The van der Waals surface area contributed by atoms with Gasteiger partial charge in [0.25, 0.3) is 17.5 Å². The molecule has 0 heterocycles. The highest BCUT2D eigenvalue weighted by Gasteiger charge is 2.17. The van der Waals surface area contributed by atoms with E-state index in [2.05, 4.69) is 47.7 Å². The molecule has 4 rings (SSSR count). The van der Waals surface area contributed by atoms with Gasteiger partial charge in [0.15, 0.2) is 5.75 Å². The Balaban J connectivity index is 1.45. The molecule has 0 saturated heterocycles. The first-order valence-corrected chi connectivity index (χ1v) is 13.5. The smallest absolute Gasteiger partial charge is 0.343 e. The van der Waals surface area contributed by atoms with E-state index >= 15 is 0 Å². The number of amides is 2. The number of hydrazone groups is 1. The summed E-state index contributed by atoms with van der Waals surface area (Å²) in [6.07, 6.45) is 1.30. The molecule has 206 valence electrons. The lowest BCUT2D eigenvalue weighted by Crippen LogP contribution is -2.18. The highest BCUT2D eigenvalue weighted by molar-refractivity contribution is 9.11. The van der Waals surface area contributed by atoms with E-state index in [0.717, 1.165) is 5.56 Å². The van der Waals surface area contributed by atoms with Crippen molar-refractivity contribution in [3.8, 4) is 5.75 Å². The number of ether oxygens (including phenoxy) is 1. The highest BCUT2D eigenvalue weighted by atomic mass is 79.9. The zero-order valence-corrected chi connectivity index (χ0v) is 24.4. The van der Waals surface area contributed by atoms with Crippen LogP contribution in [0.1, 0.15) is 42.2 Å². The number of hydrogen-bond acceptors (Lipinski definition) is 7. The highest BCUT2D eigenvalue weighted by Crippen LogP contribution is 2.33. The van der Waals surface area contributed by atoms with Crippen LogP contribution in [0, 0.1) is 17.0 Å². The third-order valence-corrected chi connectivity index (χ3v) is 6.66. The van der Waals surface area contributed by atoms with Gasteiger partial charge >= 0.3 is 5.97 Å². The molecule has 4 aromatic carbocycles. The number of nitro benzene ring substituents is 1. The van der Waals surface area contributed by atoms with Crippen LogP contribution in [0.3, 0.4) is 0 Å². The number of anilines is 1. The second-order valence-corrected chi connectivity index (χ2v) is 10.4. The van der Waals surface area contributed by atoms with Gasteiger partial charge < -0.3 is 10.1 Å². The quantitative estimate of drug-likeness (QED) is 0.0702. The van der Waals surface area contributed by atoms with Gasteiger partial charge in [-0.2, -0.15) is 5.10 Å². The van der Waals surface area contributed by atoms with Crippen LogP contribution in [0.25, 0.3) is 0 Å². The van der Waals surface area contributed by atoms with Crippen LogP contribution in [-0.4, -0.2) is 28.9 Å². The molecule has 2 amide bonds. The van der Waals surface area contributed by atoms with E-state index in [9.17, 15) is 24.5 Å². The maximum Gasteiger partial charge on any atom is 0.343 e. The molecule has 0 aliphatic rings. The summed E-state index contributed by atoms with van der Waals surface area (Å²) in [7, 11) is 0. The fraction of sp³-hybridized carbons (Fsp3) is 0.0345. The van der Waals surface area contributed by atoms with Gasteiger partial charge in [-0.25, -0.2) is 10.2 Å². The van der Waals surface area contributed by atoms with Crippen molar-refractivity contribution in [1.29, 1.82) is 0 Å². The number of hydrogen-bond donors (Lipinski definition) is 2. The zero-order valence-electron chi connectivity index (χ0n) is 21.3. The van der Waals surface area contributed by atoms with Crippen molar-refractivity contribution in [2.45, 2.75) is 6.92 Å². The average Bonchev–Trinajstić information content (AvgIpc) is 2.95. The third kappa shape index (κ3) is 7.71. The largest absolute Gasteiger partial charge is 0.421 e. The maximum atomic E-state index is 12.7. The number of nitrogens with one attached hydrogen (secondary N) is 2. The van der Waals surface area contributed by atoms with E-state index < -0.39 is 16.8 Å². The first kappa shape index (κ1) is 29.3. The zero-order chi connectivity index (χ0) is 29.5. The molecule has 12 heteroatoms. The topological polar surface area (TPSA) is 140 Å². The van der Waals surface area contributed by atoms with Crippen molar-refractivity contribution in [1.82, 2.24) is 5.43 Å². The number of halogens is 2. The lowest BCUT2D eigenvalue weighted by atomic mass is 10.1. The van der Waals surface area contributed by atoms with Crippen molar-refractivity contribution < 1.29 is 24.0 Å². The molecule has 2 N–H and O–H groups in total. The number of non-ortho nitro benzene ring substituents is 1. The number of nitrogens with zero attached hydrogens (tertiary/aromatic N) is 2. The summed E-state index contributed by atoms with van der Waals surface area (Å²) in [6.45, 7) is 1.93. The maximum absolute atomic E-state index is 12.7. The van der Waals surface area contributed by atoms with E-state index in [-0.39, 0.29) is 28.5 Å². The van der Waals surface area contributed by atoms with Gasteiger partial charge in [-0.15, -0.1) is 0 Å². The summed E-state index contributed by atoms with van der Waals surface area (Å²) >= 11 is 6.72. The molecule has 0 aliphatic carbocycles. The Morgan fingerprint density at radius 2 is 1.56 bits per heavy atom. The number of carbonyl (C=O) groups is 3. The van der Waals surface area contributed by atoms with E-state index in [1.807, 2.05) is 19.1 Å². The average molecular weight is 680 g/mol. The molecule has 0 atom stereocenters. The summed E-state index contributed by atoms with van der Waals surface area (Å²) in [4.78, 5) is 48.3. The first-order valence-electron chi connectivity index (χ1n) is 11.9. The molecular formula is C29H20Br2N4O6. The van der Waals surface area contributed by atoms with Crippen LogP contribution >= 0.6 is 31.9 Å². The van der Waals surface area contributed by atoms with Crippen LogP contribution in [0.15, 0.2) is 99.0 Å². The number of nitro groups is 1. The predicted octanol–water partition coefficient (Wildman–Crippen LogP) is 6.66. The molecule has 10 nitrogen and oxygen atoms in total. The van der Waals surface area contributed by atoms with Crippen molar-refractivity contribution in [2.75, 3.05) is 5.32 Å². The standard InChI is InChI=1S/C29H20Br2N4O6/c1-17-5-7-18(8-6-17)27(36)33-23-4-2-3-20(14-23)28(37)34-32-16-21-13-22(30)15-25(31)26(21)41-29(38)19-9-11-24(12-10-19)35(39)40/h2-16H,1H3,(H,33,36)(H,34,37). The second-order valence-electron chi connectivity index (χ2n) is 8.60. The van der Waals surface area contributed by atoms with Gasteiger partial charge in [0.1, 0.15) is 0 Å². The minimum atomic E-state index is -0.744. The number of carbonyl (C=O) groups excluding carboxylic acids is 3. The van der Waals surface area contributed by atoms with Gasteiger partial charge in [-0.1, -0.05) is 39.7 Å². The molecule has 41 heavy (non-hydrogen) atoms. The van der Waals surface area contributed by atoms with Crippen molar-refractivity contribution in [2.24, 2.45) is 5.10 Å². The second kappa shape index (κ2) is 13.1. The van der Waals surface area contributed by atoms with E-state index in [0.29, 0.717) is 25.8 Å².